The van der Waals surface area contributed by atoms with Crippen molar-refractivity contribution in [3.63, 3.8) is 0 Å². The summed E-state index contributed by atoms with van der Waals surface area (Å²) in [6.07, 6.45) is 3.43. The first kappa shape index (κ1) is 22.1. The van der Waals surface area contributed by atoms with Gasteiger partial charge in [-0.2, -0.15) is 9.61 Å². The fraction of sp³-hybridized carbons (Fsp3) is 0.200. The van der Waals surface area contributed by atoms with Gasteiger partial charge < -0.3 is 4.90 Å². The van der Waals surface area contributed by atoms with Gasteiger partial charge in [-0.1, -0.05) is 53.8 Å². The van der Waals surface area contributed by atoms with E-state index in [1.165, 1.54) is 28.0 Å². The third-order valence-corrected chi connectivity index (χ3v) is 6.63. The number of amides is 1. The van der Waals surface area contributed by atoms with Gasteiger partial charge in [-0.25, -0.2) is 9.37 Å². The number of fused-ring (bicyclic) bond motifs is 1. The first-order valence-electron chi connectivity index (χ1n) is 11.0. The summed E-state index contributed by atoms with van der Waals surface area (Å²) in [5.74, 6) is -0.396. The molecule has 2 aromatic heterocycles. The standard InChI is InChI=1S/C25H22FN5O2S/c26-21-9-5-4-8-20(21)24-28-31-23(33)16-19(27-25(31)34-24)17-29-12-14-30(15-13-29)22(32)11-10-18-6-2-1-3-7-18/h1-11,16H,12-15,17H2/b11-10+. The second-order valence-electron chi connectivity index (χ2n) is 8.01. The molecule has 1 fully saturated rings. The van der Waals surface area contributed by atoms with Crippen LogP contribution in [0.3, 0.4) is 0 Å². The van der Waals surface area contributed by atoms with Gasteiger partial charge >= 0.3 is 0 Å². The first-order chi connectivity index (χ1) is 16.6. The predicted octanol–water partition coefficient (Wildman–Crippen LogP) is 3.31. The molecule has 0 atom stereocenters. The van der Waals surface area contributed by atoms with Gasteiger partial charge in [-0.3, -0.25) is 14.5 Å². The Morgan fingerprint density at radius 2 is 1.76 bits per heavy atom. The molecule has 172 valence electrons. The van der Waals surface area contributed by atoms with E-state index in [4.69, 9.17) is 0 Å². The molecule has 0 N–H and O–H groups in total. The summed E-state index contributed by atoms with van der Waals surface area (Å²) in [6, 6.07) is 17.5. The number of carbonyl (C=O) groups is 1. The molecule has 1 aliphatic rings. The van der Waals surface area contributed by atoms with Crippen LogP contribution in [0.2, 0.25) is 0 Å². The lowest BCUT2D eigenvalue weighted by atomic mass is 10.2. The van der Waals surface area contributed by atoms with Crippen LogP contribution < -0.4 is 5.56 Å². The molecule has 9 heteroatoms. The maximum atomic E-state index is 14.1. The van der Waals surface area contributed by atoms with Gasteiger partial charge in [0.05, 0.1) is 5.69 Å². The van der Waals surface area contributed by atoms with Gasteiger partial charge in [0.1, 0.15) is 5.82 Å². The lowest BCUT2D eigenvalue weighted by Crippen LogP contribution is -2.48. The second-order valence-corrected chi connectivity index (χ2v) is 8.97. The molecule has 5 rings (SSSR count). The van der Waals surface area contributed by atoms with Crippen molar-refractivity contribution in [2.75, 3.05) is 26.2 Å². The van der Waals surface area contributed by atoms with Crippen molar-refractivity contribution < 1.29 is 9.18 Å². The lowest BCUT2D eigenvalue weighted by molar-refractivity contribution is -0.127. The van der Waals surface area contributed by atoms with Gasteiger partial charge in [0, 0.05) is 50.4 Å². The Morgan fingerprint density at radius 3 is 2.53 bits per heavy atom. The minimum Gasteiger partial charge on any atom is -0.337 e. The monoisotopic (exact) mass is 475 g/mol. The molecular weight excluding hydrogens is 453 g/mol. The summed E-state index contributed by atoms with van der Waals surface area (Å²) in [4.78, 5) is 34.1. The molecule has 2 aromatic carbocycles. The van der Waals surface area contributed by atoms with Crippen molar-refractivity contribution in [1.82, 2.24) is 24.4 Å². The Hall–Kier alpha value is -3.69. The van der Waals surface area contributed by atoms with E-state index in [0.717, 1.165) is 5.56 Å². The molecule has 1 amide bonds. The molecule has 3 heterocycles. The zero-order valence-electron chi connectivity index (χ0n) is 18.3. The van der Waals surface area contributed by atoms with E-state index < -0.39 is 0 Å². The van der Waals surface area contributed by atoms with Crippen molar-refractivity contribution in [3.05, 3.63) is 94.2 Å². The number of aromatic nitrogens is 3. The molecule has 0 spiro atoms. The SMILES string of the molecule is O=C(/C=C/c1ccccc1)N1CCN(Cc2cc(=O)n3nc(-c4ccccc4F)sc3n2)CC1. The Morgan fingerprint density at radius 1 is 1.03 bits per heavy atom. The Bertz CT molecular complexity index is 1410. The number of halogens is 1. The molecule has 1 saturated heterocycles. The number of carbonyl (C=O) groups excluding carboxylic acids is 1. The minimum atomic E-state index is -0.388. The zero-order chi connectivity index (χ0) is 23.5. The highest BCUT2D eigenvalue weighted by Crippen LogP contribution is 2.26. The maximum Gasteiger partial charge on any atom is 0.275 e. The highest BCUT2D eigenvalue weighted by molar-refractivity contribution is 7.19. The summed E-state index contributed by atoms with van der Waals surface area (Å²) in [6.45, 7) is 3.10. The number of benzene rings is 2. The number of rotatable bonds is 5. The minimum absolute atomic E-state index is 0.00775. The Labute approximate surface area is 199 Å². The normalized spacial score (nSPS) is 14.8. The number of hydrogen-bond acceptors (Lipinski definition) is 6. The third kappa shape index (κ3) is 4.80. The van der Waals surface area contributed by atoms with E-state index >= 15 is 0 Å². The van der Waals surface area contributed by atoms with E-state index in [-0.39, 0.29) is 17.3 Å². The molecule has 0 unspecified atom stereocenters. The van der Waals surface area contributed by atoms with Crippen LogP contribution in [0.1, 0.15) is 11.3 Å². The van der Waals surface area contributed by atoms with Crippen LogP contribution in [0.25, 0.3) is 21.6 Å². The molecule has 7 nitrogen and oxygen atoms in total. The van der Waals surface area contributed by atoms with Crippen LogP contribution in [-0.4, -0.2) is 56.5 Å². The molecule has 1 aliphatic heterocycles. The summed E-state index contributed by atoms with van der Waals surface area (Å²) < 4.78 is 15.3. The molecule has 0 radical (unpaired) electrons. The predicted molar refractivity (Wildman–Crippen MR) is 130 cm³/mol. The fourth-order valence-corrected chi connectivity index (χ4v) is 4.82. The summed E-state index contributed by atoms with van der Waals surface area (Å²) in [5, 5.41) is 4.67. The number of nitrogens with zero attached hydrogens (tertiary/aromatic N) is 5. The van der Waals surface area contributed by atoms with E-state index in [1.807, 2.05) is 41.3 Å². The van der Waals surface area contributed by atoms with Crippen LogP contribution in [-0.2, 0) is 11.3 Å². The zero-order valence-corrected chi connectivity index (χ0v) is 19.1. The highest BCUT2D eigenvalue weighted by Gasteiger charge is 2.21. The van der Waals surface area contributed by atoms with Crippen molar-refractivity contribution in [3.8, 4) is 10.6 Å². The largest absolute Gasteiger partial charge is 0.337 e. The average Bonchev–Trinajstić information content (AvgIpc) is 3.28. The van der Waals surface area contributed by atoms with E-state index in [1.54, 1.807) is 24.3 Å². The summed E-state index contributed by atoms with van der Waals surface area (Å²) >= 11 is 1.18. The van der Waals surface area contributed by atoms with E-state index in [0.29, 0.717) is 53.9 Å². The first-order valence-corrected chi connectivity index (χ1v) is 11.8. The van der Waals surface area contributed by atoms with Crippen molar-refractivity contribution in [2.45, 2.75) is 6.54 Å². The molecule has 0 bridgehead atoms. The van der Waals surface area contributed by atoms with Gasteiger partial charge in [-0.05, 0) is 23.8 Å². The fourth-order valence-electron chi connectivity index (χ4n) is 3.87. The lowest BCUT2D eigenvalue weighted by Gasteiger charge is -2.34. The highest BCUT2D eigenvalue weighted by atomic mass is 32.1. The topological polar surface area (TPSA) is 70.8 Å². The molecule has 0 saturated carbocycles. The van der Waals surface area contributed by atoms with Crippen molar-refractivity contribution in [2.24, 2.45) is 0 Å². The molecule has 4 aromatic rings. The molecule has 34 heavy (non-hydrogen) atoms. The van der Waals surface area contributed by atoms with Gasteiger partial charge in [0.2, 0.25) is 10.9 Å². The quantitative estimate of drug-likeness (QED) is 0.414. The van der Waals surface area contributed by atoms with Gasteiger partial charge in [0.25, 0.3) is 5.56 Å². The maximum absolute atomic E-state index is 14.1. The van der Waals surface area contributed by atoms with Crippen molar-refractivity contribution >= 4 is 28.3 Å². The number of hydrogen-bond donors (Lipinski definition) is 0. The van der Waals surface area contributed by atoms with Crippen LogP contribution in [0.5, 0.6) is 0 Å². The average molecular weight is 476 g/mol. The smallest absolute Gasteiger partial charge is 0.275 e. The van der Waals surface area contributed by atoms with E-state index in [9.17, 15) is 14.0 Å². The van der Waals surface area contributed by atoms with Crippen LogP contribution in [0, 0.1) is 5.82 Å². The number of piperazine rings is 1. The summed E-state index contributed by atoms with van der Waals surface area (Å²) in [7, 11) is 0. The third-order valence-electron chi connectivity index (χ3n) is 5.69. The Kier molecular flexibility index (Phi) is 6.29. The van der Waals surface area contributed by atoms with Crippen molar-refractivity contribution in [1.29, 1.82) is 0 Å². The van der Waals surface area contributed by atoms with Gasteiger partial charge in [0.15, 0.2) is 5.01 Å². The second kappa shape index (κ2) is 9.66. The summed E-state index contributed by atoms with van der Waals surface area (Å²) in [5.41, 5.74) is 1.68. The van der Waals surface area contributed by atoms with Crippen LogP contribution in [0.4, 0.5) is 4.39 Å². The van der Waals surface area contributed by atoms with Gasteiger partial charge in [-0.15, -0.1) is 0 Å². The molecule has 0 aliphatic carbocycles. The Balaban J connectivity index is 1.24. The van der Waals surface area contributed by atoms with E-state index in [2.05, 4.69) is 15.0 Å². The van der Waals surface area contributed by atoms with Crippen LogP contribution >= 0.6 is 11.3 Å². The van der Waals surface area contributed by atoms with Crippen LogP contribution in [0.15, 0.2) is 71.5 Å². The molecular formula is C25H22FN5O2S.